The van der Waals surface area contributed by atoms with Crippen LogP contribution in [0.4, 0.5) is 0 Å². The molecule has 0 rings (SSSR count). The largest absolute Gasteiger partial charge is 0.461 e. The fourth-order valence-electron chi connectivity index (χ4n) is 0.254. The number of aliphatic hydroxyl groups excluding tert-OH is 1. The van der Waals surface area contributed by atoms with Crippen LogP contribution in [0.15, 0.2) is 24.3 Å². The molecular formula is C13H25Cl3O4. The first-order valence-electron chi connectivity index (χ1n) is 5.15. The zero-order valence-corrected chi connectivity index (χ0v) is 13.3. The van der Waals surface area contributed by atoms with Crippen molar-refractivity contribution >= 4 is 46.0 Å². The van der Waals surface area contributed by atoms with Gasteiger partial charge in [-0.25, -0.2) is 4.79 Å². The summed E-state index contributed by atoms with van der Waals surface area (Å²) in [7, 11) is 0. The number of halogens is 3. The summed E-state index contributed by atoms with van der Waals surface area (Å²) in [5.41, 5.74) is 0.789. The number of hydrogen-bond donors (Lipinski definition) is 1. The first-order valence-corrected chi connectivity index (χ1v) is 6.59. The zero-order chi connectivity index (χ0) is 15.8. The Bertz CT molecular complexity index is 283. The maximum atomic E-state index is 10.5. The molecule has 0 fully saturated rings. The minimum atomic E-state index is -0.463. The quantitative estimate of drug-likeness (QED) is 0.354. The van der Waals surface area contributed by atoms with Crippen LogP contribution < -0.4 is 0 Å². The standard InChI is InChI=1S/C6H9ClO2.C4H5ClO.C2H5ClO.CH4.H2/c1-5(2)6(8)9-4-3-7;1-3(2)4(5)6;3-1-2-4;;/h1,3-4H2,2H3;1H2,2H3;4H,1-2H2;1H4;1H/i;;;;1+1. The highest BCUT2D eigenvalue weighted by atomic mass is 35.5. The second kappa shape index (κ2) is 20.8. The van der Waals surface area contributed by atoms with E-state index < -0.39 is 5.24 Å². The number of carbonyl (C=O) groups excluding carboxylic acids is 2. The van der Waals surface area contributed by atoms with E-state index in [0.717, 1.165) is 0 Å². The molecule has 0 aromatic heterocycles. The van der Waals surface area contributed by atoms with Crippen LogP contribution in [-0.4, -0.2) is 41.3 Å². The van der Waals surface area contributed by atoms with Crippen molar-refractivity contribution in [2.75, 3.05) is 25.0 Å². The molecule has 0 saturated carbocycles. The molecule has 0 aliphatic heterocycles. The van der Waals surface area contributed by atoms with Gasteiger partial charge in [-0.3, -0.25) is 4.79 Å². The van der Waals surface area contributed by atoms with Crippen LogP contribution in [0.3, 0.4) is 0 Å². The van der Waals surface area contributed by atoms with Crippen LogP contribution >= 0.6 is 34.8 Å². The van der Waals surface area contributed by atoms with Crippen molar-refractivity contribution in [1.82, 2.24) is 0 Å². The van der Waals surface area contributed by atoms with Crippen LogP contribution in [0, 0.1) is 0 Å². The first-order chi connectivity index (χ1) is 8.74. The Balaban J connectivity index is -0.0000000627. The third kappa shape index (κ3) is 30.5. The summed E-state index contributed by atoms with van der Waals surface area (Å²) in [5.74, 6) is 0.301. The Hall–Kier alpha value is -0.550. The fraction of sp³-hybridized carbons (Fsp3) is 0.538. The molecule has 7 heteroatoms. The van der Waals surface area contributed by atoms with Gasteiger partial charge in [0.1, 0.15) is 6.61 Å². The van der Waals surface area contributed by atoms with E-state index in [1.54, 1.807) is 13.8 Å². The highest BCUT2D eigenvalue weighted by molar-refractivity contribution is 6.67. The van der Waals surface area contributed by atoms with Crippen molar-refractivity contribution in [3.63, 3.8) is 0 Å². The molecule has 0 heterocycles. The average Bonchev–Trinajstić information content (AvgIpc) is 2.36. The zero-order valence-electron chi connectivity index (χ0n) is 11.0. The smallest absolute Gasteiger partial charge is 0.333 e. The van der Waals surface area contributed by atoms with Gasteiger partial charge in [-0.1, -0.05) is 20.6 Å². The molecule has 0 saturated heterocycles. The molecule has 122 valence electrons. The third-order valence-corrected chi connectivity index (χ3v) is 1.72. The van der Waals surface area contributed by atoms with Crippen molar-refractivity contribution in [1.29, 1.82) is 0 Å². The van der Waals surface area contributed by atoms with Gasteiger partial charge in [0.2, 0.25) is 5.24 Å². The second-order valence-electron chi connectivity index (χ2n) is 3.07. The molecule has 0 aromatic rings. The number of ether oxygens (including phenoxy) is 1. The molecule has 20 heavy (non-hydrogen) atoms. The van der Waals surface area contributed by atoms with Gasteiger partial charge in [-0.15, -0.1) is 23.2 Å². The predicted octanol–water partition coefficient (Wildman–Crippen LogP) is 3.77. The number of aliphatic hydroxyl groups is 1. The third-order valence-electron chi connectivity index (χ3n) is 1.08. The highest BCUT2D eigenvalue weighted by Gasteiger charge is 1.99. The van der Waals surface area contributed by atoms with Gasteiger partial charge >= 0.3 is 5.97 Å². The van der Waals surface area contributed by atoms with E-state index in [4.69, 9.17) is 39.9 Å². The van der Waals surface area contributed by atoms with Crippen LogP contribution in [0.5, 0.6) is 0 Å². The van der Waals surface area contributed by atoms with Gasteiger partial charge in [0.05, 0.1) is 12.5 Å². The van der Waals surface area contributed by atoms with Gasteiger partial charge in [0.25, 0.3) is 0 Å². The summed E-state index contributed by atoms with van der Waals surface area (Å²) in [6.45, 7) is 10.2. The van der Waals surface area contributed by atoms with E-state index in [1.807, 2.05) is 0 Å². The Labute approximate surface area is 137 Å². The van der Waals surface area contributed by atoms with Gasteiger partial charge in [0, 0.05) is 18.5 Å². The number of carbonyl (C=O) groups is 2. The van der Waals surface area contributed by atoms with Gasteiger partial charge in [-0.2, -0.15) is 0 Å². The van der Waals surface area contributed by atoms with E-state index in [1.165, 1.54) is 0 Å². The van der Waals surface area contributed by atoms with E-state index in [2.05, 4.69) is 17.9 Å². The van der Waals surface area contributed by atoms with E-state index in [-0.39, 0.29) is 28.0 Å². The SMILES string of the molecule is C.C=C(C)C(=O)Cl.C=C(C)C(=O)OCCCl.OCCCl.[2HH]. The highest BCUT2D eigenvalue weighted by Crippen LogP contribution is 1.91. The Kier molecular flexibility index (Phi) is 28.8. The average molecular weight is 353 g/mol. The van der Waals surface area contributed by atoms with Crippen LogP contribution in [0.2, 0.25) is 0 Å². The molecule has 0 unspecified atom stereocenters. The summed E-state index contributed by atoms with van der Waals surface area (Å²) in [5, 5.41) is 7.28. The summed E-state index contributed by atoms with van der Waals surface area (Å²) in [6, 6.07) is 0. The first kappa shape index (κ1) is 27.7. The topological polar surface area (TPSA) is 63.6 Å². The molecular weight excluding hydrogens is 326 g/mol. The molecule has 0 aliphatic carbocycles. The van der Waals surface area contributed by atoms with Gasteiger partial charge < -0.3 is 9.84 Å². The maximum Gasteiger partial charge on any atom is 0.333 e. The van der Waals surface area contributed by atoms with E-state index in [9.17, 15) is 9.59 Å². The fourth-order valence-corrected chi connectivity index (χ4v) is 0.332. The minimum absolute atomic E-state index is 0. The normalized spacial score (nSPS) is 7.70. The second-order valence-corrected chi connectivity index (χ2v) is 4.17. The number of alkyl halides is 2. The summed E-state index contributed by atoms with van der Waals surface area (Å²) < 4.78 is 4.58. The summed E-state index contributed by atoms with van der Waals surface area (Å²) >= 11 is 15.1. The Morgan fingerprint density at radius 3 is 1.65 bits per heavy atom. The van der Waals surface area contributed by atoms with Crippen molar-refractivity contribution < 1.29 is 20.9 Å². The number of hydrogen-bond acceptors (Lipinski definition) is 4. The summed E-state index contributed by atoms with van der Waals surface area (Å²) in [6.07, 6.45) is 0. The van der Waals surface area contributed by atoms with Crippen molar-refractivity contribution in [3.05, 3.63) is 24.3 Å². The molecule has 0 atom stereocenters. The van der Waals surface area contributed by atoms with Crippen LogP contribution in [-0.2, 0) is 14.3 Å². The number of rotatable bonds is 5. The molecule has 0 radical (unpaired) electrons. The van der Waals surface area contributed by atoms with Gasteiger partial charge in [-0.05, 0) is 25.4 Å². The van der Waals surface area contributed by atoms with Crippen molar-refractivity contribution in [2.45, 2.75) is 21.3 Å². The van der Waals surface area contributed by atoms with E-state index in [0.29, 0.717) is 22.9 Å². The molecule has 0 bridgehead atoms. The monoisotopic (exact) mass is 351 g/mol. The lowest BCUT2D eigenvalue weighted by molar-refractivity contribution is -0.138. The lowest BCUT2D eigenvalue weighted by Gasteiger charge is -1.98. The predicted molar refractivity (Wildman–Crippen MR) is 88.8 cm³/mol. The molecule has 0 aromatic carbocycles. The molecule has 4 nitrogen and oxygen atoms in total. The van der Waals surface area contributed by atoms with Crippen LogP contribution in [0.25, 0.3) is 0 Å². The maximum absolute atomic E-state index is 10.5. The lowest BCUT2D eigenvalue weighted by atomic mass is 10.4. The minimum Gasteiger partial charge on any atom is -0.461 e. The molecule has 0 amide bonds. The molecule has 0 spiro atoms. The number of esters is 1. The molecule has 1 N–H and O–H groups in total. The summed E-state index contributed by atoms with van der Waals surface area (Å²) in [4.78, 5) is 20.3. The molecule has 0 aliphatic rings. The van der Waals surface area contributed by atoms with Crippen molar-refractivity contribution in [2.24, 2.45) is 0 Å². The number of allylic oxidation sites excluding steroid dienone is 1. The Morgan fingerprint density at radius 2 is 1.50 bits per heavy atom. The van der Waals surface area contributed by atoms with E-state index >= 15 is 0 Å². The Morgan fingerprint density at radius 1 is 1.15 bits per heavy atom. The van der Waals surface area contributed by atoms with Gasteiger partial charge in [0.15, 0.2) is 0 Å². The van der Waals surface area contributed by atoms with Crippen LogP contribution in [0.1, 0.15) is 22.7 Å². The lowest BCUT2D eigenvalue weighted by Crippen LogP contribution is -2.06. The van der Waals surface area contributed by atoms with Crippen molar-refractivity contribution in [3.8, 4) is 0 Å².